The van der Waals surface area contributed by atoms with Gasteiger partial charge in [0, 0.05) is 17.3 Å². The average molecular weight is 313 g/mol. The van der Waals surface area contributed by atoms with Gasteiger partial charge in [-0.2, -0.15) is 0 Å². The monoisotopic (exact) mass is 312 g/mol. The van der Waals surface area contributed by atoms with Crippen molar-refractivity contribution in [2.24, 2.45) is 0 Å². The summed E-state index contributed by atoms with van der Waals surface area (Å²) in [5.74, 6) is -1.08. The van der Waals surface area contributed by atoms with Gasteiger partial charge in [-0.15, -0.1) is 0 Å². The molecule has 1 N–H and O–H groups in total. The summed E-state index contributed by atoms with van der Waals surface area (Å²) < 4.78 is 26.8. The lowest BCUT2D eigenvalue weighted by molar-refractivity contribution is -0.384. The van der Waals surface area contributed by atoms with Gasteiger partial charge in [-0.05, 0) is 37.3 Å². The van der Waals surface area contributed by atoms with Gasteiger partial charge >= 0.3 is 0 Å². The Bertz CT molecular complexity index is 695. The van der Waals surface area contributed by atoms with E-state index >= 15 is 0 Å². The molecule has 0 aliphatic carbocycles. The summed E-state index contributed by atoms with van der Waals surface area (Å²) in [6, 6.07) is 6.72. The molecule has 0 heterocycles. The van der Waals surface area contributed by atoms with Crippen LogP contribution in [-0.2, 0) is 0 Å². The van der Waals surface area contributed by atoms with E-state index in [1.807, 2.05) is 0 Å². The molecule has 0 fully saturated rings. The SMILES string of the molecule is CC(Nc1ccc([N+](=O)[O-])c(Cl)c1)c1cc(F)ccc1F. The molecule has 2 rings (SSSR count). The van der Waals surface area contributed by atoms with Crippen LogP contribution in [0.4, 0.5) is 20.2 Å². The van der Waals surface area contributed by atoms with Crippen LogP contribution < -0.4 is 5.32 Å². The lowest BCUT2D eigenvalue weighted by Crippen LogP contribution is -2.09. The van der Waals surface area contributed by atoms with Crippen molar-refractivity contribution in [1.29, 1.82) is 0 Å². The van der Waals surface area contributed by atoms with E-state index in [1.165, 1.54) is 18.2 Å². The molecule has 1 atom stereocenters. The number of rotatable bonds is 4. The molecule has 2 aromatic carbocycles. The maximum atomic E-state index is 13.6. The fourth-order valence-electron chi connectivity index (χ4n) is 1.92. The largest absolute Gasteiger partial charge is 0.378 e. The second kappa shape index (κ2) is 6.05. The maximum absolute atomic E-state index is 13.6. The minimum atomic E-state index is -0.595. The Morgan fingerprint density at radius 2 is 1.95 bits per heavy atom. The average Bonchev–Trinajstić information content (AvgIpc) is 2.41. The Labute approximate surface area is 124 Å². The molecule has 21 heavy (non-hydrogen) atoms. The van der Waals surface area contributed by atoms with Crippen molar-refractivity contribution < 1.29 is 13.7 Å². The van der Waals surface area contributed by atoms with Crippen LogP contribution in [0.25, 0.3) is 0 Å². The molecule has 2 aromatic rings. The van der Waals surface area contributed by atoms with E-state index in [-0.39, 0.29) is 16.3 Å². The predicted molar refractivity (Wildman–Crippen MR) is 76.5 cm³/mol. The molecule has 4 nitrogen and oxygen atoms in total. The van der Waals surface area contributed by atoms with E-state index in [0.29, 0.717) is 5.69 Å². The number of nitrogens with one attached hydrogen (secondary N) is 1. The fraction of sp³-hybridized carbons (Fsp3) is 0.143. The smallest absolute Gasteiger partial charge is 0.288 e. The molecule has 0 radical (unpaired) electrons. The van der Waals surface area contributed by atoms with Crippen LogP contribution in [0.1, 0.15) is 18.5 Å². The summed E-state index contributed by atoms with van der Waals surface area (Å²) in [6.45, 7) is 1.65. The van der Waals surface area contributed by atoms with E-state index in [2.05, 4.69) is 5.32 Å². The number of benzene rings is 2. The molecular weight excluding hydrogens is 302 g/mol. The summed E-state index contributed by atoms with van der Waals surface area (Å²) >= 11 is 5.79. The van der Waals surface area contributed by atoms with Gasteiger partial charge in [0.1, 0.15) is 16.7 Å². The van der Waals surface area contributed by atoms with Crippen molar-refractivity contribution in [2.75, 3.05) is 5.32 Å². The molecule has 0 aliphatic rings. The fourth-order valence-corrected chi connectivity index (χ4v) is 2.17. The van der Waals surface area contributed by atoms with Gasteiger partial charge in [-0.25, -0.2) is 8.78 Å². The van der Waals surface area contributed by atoms with E-state index in [1.54, 1.807) is 6.92 Å². The van der Waals surface area contributed by atoms with Gasteiger partial charge in [-0.3, -0.25) is 10.1 Å². The zero-order valence-electron chi connectivity index (χ0n) is 10.9. The van der Waals surface area contributed by atoms with Crippen molar-refractivity contribution in [3.8, 4) is 0 Å². The van der Waals surface area contributed by atoms with Crippen LogP contribution in [0, 0.1) is 21.7 Å². The Kier molecular flexibility index (Phi) is 4.37. The second-order valence-electron chi connectivity index (χ2n) is 4.46. The highest BCUT2D eigenvalue weighted by Crippen LogP contribution is 2.29. The summed E-state index contributed by atoms with van der Waals surface area (Å²) in [5.41, 5.74) is 0.415. The van der Waals surface area contributed by atoms with Crippen molar-refractivity contribution >= 4 is 23.0 Å². The Morgan fingerprint density at radius 1 is 1.24 bits per heavy atom. The molecule has 0 saturated heterocycles. The first-order valence-corrected chi connectivity index (χ1v) is 6.41. The molecule has 0 bridgehead atoms. The number of halogens is 3. The minimum absolute atomic E-state index is 0.0306. The number of nitro groups is 1. The van der Waals surface area contributed by atoms with Crippen molar-refractivity contribution in [1.82, 2.24) is 0 Å². The number of hydrogen-bond acceptors (Lipinski definition) is 3. The van der Waals surface area contributed by atoms with Gasteiger partial charge in [0.05, 0.1) is 11.0 Å². The lowest BCUT2D eigenvalue weighted by atomic mass is 10.1. The third kappa shape index (κ3) is 3.46. The Hall–Kier alpha value is -2.21. The van der Waals surface area contributed by atoms with Crippen LogP contribution in [0.2, 0.25) is 5.02 Å². The van der Waals surface area contributed by atoms with Gasteiger partial charge in [0.2, 0.25) is 0 Å². The number of nitro benzene ring substituents is 1. The molecule has 0 aromatic heterocycles. The standard InChI is InChI=1S/C14H11ClF2N2O2/c1-8(11-6-9(16)2-4-13(11)17)18-10-3-5-14(19(20)21)12(15)7-10/h2-8,18H,1H3. The molecule has 0 saturated carbocycles. The number of anilines is 1. The summed E-state index contributed by atoms with van der Waals surface area (Å²) in [6.07, 6.45) is 0. The highest BCUT2D eigenvalue weighted by Gasteiger charge is 2.15. The van der Waals surface area contributed by atoms with E-state index in [0.717, 1.165) is 18.2 Å². The van der Waals surface area contributed by atoms with E-state index < -0.39 is 22.6 Å². The Morgan fingerprint density at radius 3 is 2.57 bits per heavy atom. The summed E-state index contributed by atoms with van der Waals surface area (Å²) in [5, 5.41) is 13.6. The van der Waals surface area contributed by atoms with Crippen LogP contribution >= 0.6 is 11.6 Å². The molecule has 7 heteroatoms. The summed E-state index contributed by atoms with van der Waals surface area (Å²) in [7, 11) is 0. The van der Waals surface area contributed by atoms with Crippen molar-refractivity contribution in [2.45, 2.75) is 13.0 Å². The Balaban J connectivity index is 2.23. The topological polar surface area (TPSA) is 55.2 Å². The molecule has 110 valence electrons. The minimum Gasteiger partial charge on any atom is -0.378 e. The molecule has 0 amide bonds. The highest BCUT2D eigenvalue weighted by molar-refractivity contribution is 6.32. The van der Waals surface area contributed by atoms with Crippen molar-refractivity contribution in [3.05, 3.63) is 68.7 Å². The number of nitrogens with zero attached hydrogens (tertiary/aromatic N) is 1. The van der Waals surface area contributed by atoms with E-state index in [4.69, 9.17) is 11.6 Å². The predicted octanol–water partition coefficient (Wildman–Crippen LogP) is 4.70. The van der Waals surface area contributed by atoms with E-state index in [9.17, 15) is 18.9 Å². The van der Waals surface area contributed by atoms with Crippen LogP contribution in [0.5, 0.6) is 0 Å². The van der Waals surface area contributed by atoms with Gasteiger partial charge in [0.25, 0.3) is 5.69 Å². The quantitative estimate of drug-likeness (QED) is 0.657. The van der Waals surface area contributed by atoms with Gasteiger partial charge < -0.3 is 5.32 Å². The highest BCUT2D eigenvalue weighted by atomic mass is 35.5. The zero-order chi connectivity index (χ0) is 15.6. The molecule has 0 spiro atoms. The van der Waals surface area contributed by atoms with Gasteiger partial charge in [0.15, 0.2) is 0 Å². The maximum Gasteiger partial charge on any atom is 0.288 e. The molecule has 1 unspecified atom stereocenters. The zero-order valence-corrected chi connectivity index (χ0v) is 11.7. The second-order valence-corrected chi connectivity index (χ2v) is 4.86. The third-order valence-electron chi connectivity index (χ3n) is 2.95. The lowest BCUT2D eigenvalue weighted by Gasteiger charge is -2.16. The molecule has 0 aliphatic heterocycles. The molecular formula is C14H11ClF2N2O2. The first-order valence-electron chi connectivity index (χ1n) is 6.04. The third-order valence-corrected chi connectivity index (χ3v) is 3.25. The van der Waals surface area contributed by atoms with Crippen LogP contribution in [-0.4, -0.2) is 4.92 Å². The normalized spacial score (nSPS) is 12.0. The van der Waals surface area contributed by atoms with Crippen molar-refractivity contribution in [3.63, 3.8) is 0 Å². The first kappa shape index (κ1) is 15.2. The number of hydrogen-bond donors (Lipinski definition) is 1. The first-order chi connectivity index (χ1) is 9.88. The van der Waals surface area contributed by atoms with Crippen LogP contribution in [0.15, 0.2) is 36.4 Å². The van der Waals surface area contributed by atoms with Crippen LogP contribution in [0.3, 0.4) is 0 Å². The van der Waals surface area contributed by atoms with Gasteiger partial charge in [-0.1, -0.05) is 11.6 Å². The summed E-state index contributed by atoms with van der Waals surface area (Å²) in [4.78, 5) is 10.1.